The Labute approximate surface area is 140 Å². The molecule has 5 heteroatoms. The number of benzene rings is 2. The van der Waals surface area contributed by atoms with Gasteiger partial charge in [-0.3, -0.25) is 4.79 Å². The first-order chi connectivity index (χ1) is 11.5. The number of aryl methyl sites for hydroxylation is 1. The highest BCUT2D eigenvalue weighted by Gasteiger charge is 2.51. The molecule has 0 atom stereocenters. The Balaban J connectivity index is 1.73. The summed E-state index contributed by atoms with van der Waals surface area (Å²) in [5.74, 6) is -0.667. The van der Waals surface area contributed by atoms with Crippen molar-refractivity contribution in [3.63, 3.8) is 0 Å². The number of hydrogen-bond donors (Lipinski definition) is 2. The zero-order valence-electron chi connectivity index (χ0n) is 13.4. The van der Waals surface area contributed by atoms with Crippen LogP contribution in [-0.2, 0) is 15.0 Å². The smallest absolute Gasteiger partial charge is 0.341 e. The molecule has 0 spiro atoms. The van der Waals surface area contributed by atoms with Gasteiger partial charge in [0.1, 0.15) is 5.75 Å². The Morgan fingerprint density at radius 3 is 2.58 bits per heavy atom. The van der Waals surface area contributed by atoms with Crippen molar-refractivity contribution in [1.29, 1.82) is 0 Å². The van der Waals surface area contributed by atoms with Crippen molar-refractivity contribution < 1.29 is 19.4 Å². The Bertz CT molecular complexity index is 780. The van der Waals surface area contributed by atoms with Crippen LogP contribution in [0.15, 0.2) is 48.5 Å². The number of ether oxygens (including phenoxy) is 1. The van der Waals surface area contributed by atoms with Gasteiger partial charge in [0, 0.05) is 11.8 Å². The number of rotatable bonds is 6. The van der Waals surface area contributed by atoms with E-state index in [1.807, 2.05) is 25.1 Å². The normalized spacial score (nSPS) is 14.7. The zero-order valence-corrected chi connectivity index (χ0v) is 13.4. The second kappa shape index (κ2) is 6.35. The molecule has 1 saturated carbocycles. The number of carbonyl (C=O) groups excluding carboxylic acids is 1. The molecule has 1 fully saturated rings. The molecular weight excluding hydrogens is 306 g/mol. The average Bonchev–Trinajstić information content (AvgIpc) is 3.35. The van der Waals surface area contributed by atoms with Gasteiger partial charge in [-0.05, 0) is 37.5 Å². The predicted molar refractivity (Wildman–Crippen MR) is 90.3 cm³/mol. The number of aliphatic carboxylic acids is 1. The standard InChI is InChI=1S/C19H19NO4/c1-13-4-2-5-14(10-13)19(8-9-19)18(23)20-15-6-3-7-16(11-15)24-12-17(21)22/h2-7,10-11H,8-9,12H2,1H3,(H,20,23)(H,21,22). The minimum Gasteiger partial charge on any atom is -0.482 e. The van der Waals surface area contributed by atoms with Gasteiger partial charge < -0.3 is 15.2 Å². The lowest BCUT2D eigenvalue weighted by molar-refractivity contribution is -0.139. The second-order valence-electron chi connectivity index (χ2n) is 6.12. The van der Waals surface area contributed by atoms with Gasteiger partial charge in [-0.2, -0.15) is 0 Å². The van der Waals surface area contributed by atoms with E-state index in [0.29, 0.717) is 11.4 Å². The summed E-state index contributed by atoms with van der Waals surface area (Å²) in [6.07, 6.45) is 1.66. The number of anilines is 1. The van der Waals surface area contributed by atoms with Crippen LogP contribution in [0, 0.1) is 6.92 Å². The summed E-state index contributed by atoms with van der Waals surface area (Å²) >= 11 is 0. The Hall–Kier alpha value is -2.82. The van der Waals surface area contributed by atoms with Crippen LogP contribution < -0.4 is 10.1 Å². The van der Waals surface area contributed by atoms with Crippen LogP contribution in [0.25, 0.3) is 0 Å². The molecule has 24 heavy (non-hydrogen) atoms. The van der Waals surface area contributed by atoms with Crippen LogP contribution in [-0.4, -0.2) is 23.6 Å². The van der Waals surface area contributed by atoms with Crippen molar-refractivity contribution >= 4 is 17.6 Å². The van der Waals surface area contributed by atoms with Gasteiger partial charge in [0.25, 0.3) is 0 Å². The number of carboxylic acid groups (broad SMARTS) is 1. The van der Waals surface area contributed by atoms with E-state index in [0.717, 1.165) is 24.0 Å². The van der Waals surface area contributed by atoms with Crippen LogP contribution in [0.1, 0.15) is 24.0 Å². The van der Waals surface area contributed by atoms with Gasteiger partial charge >= 0.3 is 5.97 Å². The fourth-order valence-electron chi connectivity index (χ4n) is 2.77. The third kappa shape index (κ3) is 3.40. The van der Waals surface area contributed by atoms with Crippen LogP contribution in [0.2, 0.25) is 0 Å². The van der Waals surface area contributed by atoms with Gasteiger partial charge in [-0.25, -0.2) is 4.79 Å². The van der Waals surface area contributed by atoms with Crippen LogP contribution in [0.3, 0.4) is 0 Å². The molecule has 1 aliphatic rings. The van der Waals surface area contributed by atoms with E-state index in [9.17, 15) is 9.59 Å². The summed E-state index contributed by atoms with van der Waals surface area (Å²) < 4.78 is 5.14. The summed E-state index contributed by atoms with van der Waals surface area (Å²) in [7, 11) is 0. The van der Waals surface area contributed by atoms with Crippen LogP contribution >= 0.6 is 0 Å². The predicted octanol–water partition coefficient (Wildman–Crippen LogP) is 3.13. The van der Waals surface area contributed by atoms with Crippen molar-refractivity contribution in [3.8, 4) is 5.75 Å². The summed E-state index contributed by atoms with van der Waals surface area (Å²) in [5, 5.41) is 11.6. The van der Waals surface area contributed by atoms with Crippen molar-refractivity contribution in [1.82, 2.24) is 0 Å². The molecule has 3 rings (SSSR count). The lowest BCUT2D eigenvalue weighted by atomic mass is 9.93. The maximum Gasteiger partial charge on any atom is 0.341 e. The molecule has 1 aliphatic carbocycles. The molecule has 0 radical (unpaired) electrons. The van der Waals surface area contributed by atoms with Crippen molar-refractivity contribution in [2.24, 2.45) is 0 Å². The van der Waals surface area contributed by atoms with Gasteiger partial charge in [-0.1, -0.05) is 35.9 Å². The Morgan fingerprint density at radius 1 is 1.17 bits per heavy atom. The summed E-state index contributed by atoms with van der Waals surface area (Å²) in [6.45, 7) is 1.60. The molecular formula is C19H19NO4. The lowest BCUT2D eigenvalue weighted by Gasteiger charge is -2.17. The maximum atomic E-state index is 12.7. The maximum absolute atomic E-state index is 12.7. The number of hydrogen-bond acceptors (Lipinski definition) is 3. The third-order valence-electron chi connectivity index (χ3n) is 4.21. The first kappa shape index (κ1) is 16.1. The molecule has 2 aromatic carbocycles. The Morgan fingerprint density at radius 2 is 1.92 bits per heavy atom. The van der Waals surface area contributed by atoms with Crippen LogP contribution in [0.5, 0.6) is 5.75 Å². The summed E-state index contributed by atoms with van der Waals surface area (Å²) in [6, 6.07) is 14.8. The van der Waals surface area contributed by atoms with Gasteiger partial charge in [0.05, 0.1) is 5.41 Å². The molecule has 5 nitrogen and oxygen atoms in total. The molecule has 0 heterocycles. The first-order valence-electron chi connectivity index (χ1n) is 7.83. The minimum absolute atomic E-state index is 0.0384. The lowest BCUT2D eigenvalue weighted by Crippen LogP contribution is -2.27. The first-order valence-corrected chi connectivity index (χ1v) is 7.83. The molecule has 0 aliphatic heterocycles. The number of carbonyl (C=O) groups is 2. The van der Waals surface area contributed by atoms with Crippen molar-refractivity contribution in [2.45, 2.75) is 25.2 Å². The molecule has 0 saturated heterocycles. The number of amides is 1. The molecule has 124 valence electrons. The van der Waals surface area contributed by atoms with Crippen LogP contribution in [0.4, 0.5) is 5.69 Å². The van der Waals surface area contributed by atoms with E-state index in [1.165, 1.54) is 0 Å². The van der Waals surface area contributed by atoms with E-state index in [1.54, 1.807) is 24.3 Å². The second-order valence-corrected chi connectivity index (χ2v) is 6.12. The van der Waals surface area contributed by atoms with E-state index in [2.05, 4.69) is 11.4 Å². The fourth-order valence-corrected chi connectivity index (χ4v) is 2.77. The highest BCUT2D eigenvalue weighted by molar-refractivity contribution is 6.01. The van der Waals surface area contributed by atoms with E-state index < -0.39 is 18.0 Å². The Kier molecular flexibility index (Phi) is 4.25. The van der Waals surface area contributed by atoms with Gasteiger partial charge in [0.2, 0.25) is 5.91 Å². The summed E-state index contributed by atoms with van der Waals surface area (Å²) in [5.41, 5.74) is 2.32. The van der Waals surface area contributed by atoms with E-state index in [4.69, 9.17) is 9.84 Å². The third-order valence-corrected chi connectivity index (χ3v) is 4.21. The summed E-state index contributed by atoms with van der Waals surface area (Å²) in [4.78, 5) is 23.3. The molecule has 2 N–H and O–H groups in total. The fraction of sp³-hybridized carbons (Fsp3) is 0.263. The SMILES string of the molecule is Cc1cccc(C2(C(=O)Nc3cccc(OCC(=O)O)c3)CC2)c1. The molecule has 1 amide bonds. The zero-order chi connectivity index (χ0) is 17.2. The molecule has 2 aromatic rings. The highest BCUT2D eigenvalue weighted by Crippen LogP contribution is 2.49. The number of nitrogens with one attached hydrogen (secondary N) is 1. The van der Waals surface area contributed by atoms with Crippen molar-refractivity contribution in [2.75, 3.05) is 11.9 Å². The topological polar surface area (TPSA) is 75.6 Å². The molecule has 0 bridgehead atoms. The monoisotopic (exact) mass is 325 g/mol. The quantitative estimate of drug-likeness (QED) is 0.855. The minimum atomic E-state index is -1.04. The van der Waals surface area contributed by atoms with Gasteiger partial charge in [-0.15, -0.1) is 0 Å². The van der Waals surface area contributed by atoms with Crippen molar-refractivity contribution in [3.05, 3.63) is 59.7 Å². The van der Waals surface area contributed by atoms with Gasteiger partial charge in [0.15, 0.2) is 6.61 Å². The number of carboxylic acids is 1. The van der Waals surface area contributed by atoms with E-state index >= 15 is 0 Å². The largest absolute Gasteiger partial charge is 0.482 e. The average molecular weight is 325 g/mol. The van der Waals surface area contributed by atoms with E-state index in [-0.39, 0.29) is 5.91 Å². The molecule has 0 aromatic heterocycles. The molecule has 0 unspecified atom stereocenters. The highest BCUT2D eigenvalue weighted by atomic mass is 16.5.